The highest BCUT2D eigenvalue weighted by Crippen LogP contribution is 2.44. The zero-order chi connectivity index (χ0) is 22.2. The zero-order valence-electron chi connectivity index (χ0n) is 16.9. The number of pyridine rings is 1. The Labute approximate surface area is 177 Å². The third-order valence-corrected chi connectivity index (χ3v) is 5.57. The van der Waals surface area contributed by atoms with Crippen molar-refractivity contribution in [3.8, 4) is 5.75 Å². The Morgan fingerprint density at radius 3 is 2.74 bits per heavy atom. The van der Waals surface area contributed by atoms with E-state index in [9.17, 15) is 18.0 Å². The molecule has 4 rings (SSSR count). The molecule has 2 aliphatic rings. The van der Waals surface area contributed by atoms with Crippen LogP contribution in [0.5, 0.6) is 5.75 Å². The number of carbonyl (C=O) groups is 1. The van der Waals surface area contributed by atoms with Gasteiger partial charge in [-0.3, -0.25) is 4.79 Å². The molecule has 1 saturated carbocycles. The molecule has 0 unspecified atom stereocenters. The van der Waals surface area contributed by atoms with Crippen LogP contribution in [-0.4, -0.2) is 35.9 Å². The number of hydrogen-bond acceptors (Lipinski definition) is 6. The van der Waals surface area contributed by atoms with Crippen LogP contribution >= 0.6 is 0 Å². The number of carbonyl (C=O) groups excluding carboxylic acids is 1. The van der Waals surface area contributed by atoms with E-state index in [4.69, 9.17) is 10.5 Å². The standard InChI is InChI=1S/C22H22F3N3O3/c1-21(22(24,25)12-31-20(26)28-21)16-8-14(4-6-17(16)23)9-19(29)18-7-5-15(10-27-18)30-11-13-2-3-13/h4-8,10,13H,2-3,9,11-12H2,1H3,(H2,26,28)/t21-/m1/s1. The summed E-state index contributed by atoms with van der Waals surface area (Å²) in [5, 5.41) is 0. The van der Waals surface area contributed by atoms with E-state index < -0.39 is 29.9 Å². The van der Waals surface area contributed by atoms with Gasteiger partial charge in [-0.15, -0.1) is 0 Å². The third-order valence-electron chi connectivity index (χ3n) is 5.57. The Kier molecular flexibility index (Phi) is 5.36. The largest absolute Gasteiger partial charge is 0.492 e. The second kappa shape index (κ2) is 7.86. The normalized spacial score (nSPS) is 22.4. The fourth-order valence-corrected chi connectivity index (χ4v) is 3.36. The quantitative estimate of drug-likeness (QED) is 0.674. The molecule has 164 valence electrons. The van der Waals surface area contributed by atoms with Gasteiger partial charge in [-0.2, -0.15) is 8.78 Å². The van der Waals surface area contributed by atoms with Gasteiger partial charge in [-0.05, 0) is 55.5 Å². The number of Topliss-reactive ketones (excluding diaryl/α,β-unsaturated/α-hetero) is 1. The SMILES string of the molecule is C[C@]1(c2cc(CC(=O)c3ccc(OCC4CC4)cn3)ccc2F)N=C(N)OCC1(F)F. The highest BCUT2D eigenvalue weighted by molar-refractivity contribution is 5.95. The van der Waals surface area contributed by atoms with E-state index >= 15 is 0 Å². The number of rotatable bonds is 7. The first-order valence-electron chi connectivity index (χ1n) is 9.95. The fraction of sp³-hybridized carbons (Fsp3) is 0.409. The van der Waals surface area contributed by atoms with Crippen LogP contribution < -0.4 is 10.5 Å². The molecule has 1 aliphatic carbocycles. The van der Waals surface area contributed by atoms with Crippen LogP contribution in [0, 0.1) is 11.7 Å². The van der Waals surface area contributed by atoms with Gasteiger partial charge in [-0.25, -0.2) is 14.4 Å². The van der Waals surface area contributed by atoms with Crippen LogP contribution in [0.3, 0.4) is 0 Å². The Morgan fingerprint density at radius 2 is 2.06 bits per heavy atom. The van der Waals surface area contributed by atoms with Crippen LogP contribution in [0.2, 0.25) is 0 Å². The molecule has 1 fully saturated rings. The van der Waals surface area contributed by atoms with Gasteiger partial charge in [0.05, 0.1) is 12.8 Å². The van der Waals surface area contributed by atoms with Gasteiger partial charge >= 0.3 is 5.92 Å². The van der Waals surface area contributed by atoms with Crippen molar-refractivity contribution in [2.75, 3.05) is 13.2 Å². The smallest absolute Gasteiger partial charge is 0.310 e. The molecule has 2 N–H and O–H groups in total. The first kappa shape index (κ1) is 21.1. The molecular weight excluding hydrogens is 411 g/mol. The van der Waals surface area contributed by atoms with Gasteiger partial charge in [0.25, 0.3) is 6.02 Å². The van der Waals surface area contributed by atoms with Gasteiger partial charge in [0.1, 0.15) is 17.3 Å². The first-order valence-corrected chi connectivity index (χ1v) is 9.95. The number of ether oxygens (including phenoxy) is 2. The molecule has 6 nitrogen and oxygen atoms in total. The number of hydrogen-bond donors (Lipinski definition) is 1. The van der Waals surface area contributed by atoms with Gasteiger partial charge < -0.3 is 15.2 Å². The van der Waals surface area contributed by atoms with Crippen molar-refractivity contribution in [1.29, 1.82) is 0 Å². The molecule has 2 aromatic rings. The summed E-state index contributed by atoms with van der Waals surface area (Å²) in [4.78, 5) is 20.4. The molecule has 2 heterocycles. The highest BCUT2D eigenvalue weighted by Gasteiger charge is 2.56. The number of ketones is 1. The van der Waals surface area contributed by atoms with Crippen molar-refractivity contribution >= 4 is 11.8 Å². The summed E-state index contributed by atoms with van der Waals surface area (Å²) in [7, 11) is 0. The summed E-state index contributed by atoms with van der Waals surface area (Å²) in [5.41, 5.74) is 3.42. The minimum atomic E-state index is -3.49. The second-order valence-corrected chi connectivity index (χ2v) is 8.06. The number of nitrogens with two attached hydrogens (primary N) is 1. The predicted octanol–water partition coefficient (Wildman–Crippen LogP) is 3.63. The molecule has 1 aromatic carbocycles. The molecule has 0 saturated heterocycles. The topological polar surface area (TPSA) is 86.8 Å². The van der Waals surface area contributed by atoms with E-state index in [2.05, 4.69) is 14.7 Å². The summed E-state index contributed by atoms with van der Waals surface area (Å²) in [6.07, 6.45) is 3.67. The molecule has 0 amide bonds. The Balaban J connectivity index is 1.53. The van der Waals surface area contributed by atoms with Crippen molar-refractivity contribution in [2.45, 2.75) is 37.6 Å². The van der Waals surface area contributed by atoms with Crippen molar-refractivity contribution in [2.24, 2.45) is 16.6 Å². The molecule has 9 heteroatoms. The Bertz CT molecular complexity index is 1020. The van der Waals surface area contributed by atoms with E-state index in [1.807, 2.05) is 0 Å². The van der Waals surface area contributed by atoms with Crippen molar-refractivity contribution in [3.05, 3.63) is 59.2 Å². The number of amidine groups is 1. The minimum absolute atomic E-state index is 0.139. The molecule has 0 spiro atoms. The molecular formula is C22H22F3N3O3. The molecule has 1 aromatic heterocycles. The summed E-state index contributed by atoms with van der Waals surface area (Å²) in [5.74, 6) is -3.52. The lowest BCUT2D eigenvalue weighted by molar-refractivity contribution is -0.117. The molecule has 0 bridgehead atoms. The number of halogens is 3. The number of aliphatic imine (C=N–C) groups is 1. The maximum atomic E-state index is 14.6. The first-order chi connectivity index (χ1) is 14.7. The maximum absolute atomic E-state index is 14.6. The second-order valence-electron chi connectivity index (χ2n) is 8.06. The van der Waals surface area contributed by atoms with Crippen LogP contribution in [-0.2, 0) is 16.7 Å². The van der Waals surface area contributed by atoms with Crippen molar-refractivity contribution in [1.82, 2.24) is 4.98 Å². The molecule has 0 radical (unpaired) electrons. The number of aromatic nitrogens is 1. The molecule has 1 atom stereocenters. The summed E-state index contributed by atoms with van der Waals surface area (Å²) >= 11 is 0. The van der Waals surface area contributed by atoms with Gasteiger partial charge in [0.2, 0.25) is 0 Å². The summed E-state index contributed by atoms with van der Waals surface area (Å²) in [6.45, 7) is 0.712. The van der Waals surface area contributed by atoms with E-state index in [-0.39, 0.29) is 23.5 Å². The highest BCUT2D eigenvalue weighted by atomic mass is 19.3. The third kappa shape index (κ3) is 4.35. The van der Waals surface area contributed by atoms with E-state index in [1.54, 1.807) is 12.1 Å². The lowest BCUT2D eigenvalue weighted by Crippen LogP contribution is -2.51. The molecule has 1 aliphatic heterocycles. The lowest BCUT2D eigenvalue weighted by atomic mass is 9.84. The van der Waals surface area contributed by atoms with Crippen LogP contribution in [0.25, 0.3) is 0 Å². The number of benzene rings is 1. The van der Waals surface area contributed by atoms with Crippen LogP contribution in [0.4, 0.5) is 13.2 Å². The van der Waals surface area contributed by atoms with Gasteiger partial charge in [-0.1, -0.05) is 6.07 Å². The van der Waals surface area contributed by atoms with Gasteiger partial charge in [0, 0.05) is 12.0 Å². The Morgan fingerprint density at radius 1 is 1.29 bits per heavy atom. The van der Waals surface area contributed by atoms with E-state index in [1.165, 1.54) is 31.2 Å². The van der Waals surface area contributed by atoms with Crippen LogP contribution in [0.15, 0.2) is 41.5 Å². The van der Waals surface area contributed by atoms with Crippen LogP contribution in [0.1, 0.15) is 41.4 Å². The number of alkyl halides is 2. The van der Waals surface area contributed by atoms with E-state index in [0.29, 0.717) is 23.8 Å². The minimum Gasteiger partial charge on any atom is -0.492 e. The average Bonchev–Trinajstić information content (AvgIpc) is 3.56. The monoisotopic (exact) mass is 433 g/mol. The van der Waals surface area contributed by atoms with E-state index in [0.717, 1.165) is 13.0 Å². The maximum Gasteiger partial charge on any atom is 0.310 e. The summed E-state index contributed by atoms with van der Waals surface area (Å²) in [6, 6.07) is 6.41. The van der Waals surface area contributed by atoms with Crippen molar-refractivity contribution in [3.63, 3.8) is 0 Å². The predicted molar refractivity (Wildman–Crippen MR) is 107 cm³/mol. The fourth-order valence-electron chi connectivity index (χ4n) is 3.36. The van der Waals surface area contributed by atoms with Gasteiger partial charge in [0.15, 0.2) is 17.9 Å². The molecule has 31 heavy (non-hydrogen) atoms. The zero-order valence-corrected chi connectivity index (χ0v) is 16.9. The average molecular weight is 433 g/mol. The lowest BCUT2D eigenvalue weighted by Gasteiger charge is -2.37. The van der Waals surface area contributed by atoms with Crippen molar-refractivity contribution < 1.29 is 27.4 Å². The summed E-state index contributed by atoms with van der Waals surface area (Å²) < 4.78 is 53.9. The number of nitrogens with zero attached hydrogens (tertiary/aromatic N) is 2. The Hall–Kier alpha value is -3.10.